The fraction of sp³-hybridized carbons (Fsp3) is 0.692. The molecular weight excluding hydrogens is 226 g/mol. The van der Waals surface area contributed by atoms with Crippen LogP contribution in [-0.4, -0.2) is 40.3 Å². The molecule has 1 aromatic heterocycles. The SMILES string of the molecule is Cn1cc(CCN=C(N)N2CCCCCC2)cn1. The summed E-state index contributed by atoms with van der Waals surface area (Å²) >= 11 is 0. The van der Waals surface area contributed by atoms with Gasteiger partial charge in [-0.3, -0.25) is 9.67 Å². The molecule has 5 nitrogen and oxygen atoms in total. The Balaban J connectivity index is 1.80. The molecule has 0 aliphatic carbocycles. The lowest BCUT2D eigenvalue weighted by molar-refractivity contribution is 0.428. The third-order valence-corrected chi connectivity index (χ3v) is 3.36. The summed E-state index contributed by atoms with van der Waals surface area (Å²) in [7, 11) is 1.93. The van der Waals surface area contributed by atoms with Crippen molar-refractivity contribution in [1.82, 2.24) is 14.7 Å². The molecule has 5 heteroatoms. The Kier molecular flexibility index (Phi) is 4.61. The highest BCUT2D eigenvalue weighted by Crippen LogP contribution is 2.09. The van der Waals surface area contributed by atoms with Crippen LogP contribution in [0.2, 0.25) is 0 Å². The number of aryl methyl sites for hydroxylation is 1. The quantitative estimate of drug-likeness (QED) is 0.646. The van der Waals surface area contributed by atoms with Crippen LogP contribution in [-0.2, 0) is 13.5 Å². The third kappa shape index (κ3) is 3.75. The summed E-state index contributed by atoms with van der Waals surface area (Å²) in [6.07, 6.45) is 9.92. The van der Waals surface area contributed by atoms with Gasteiger partial charge >= 0.3 is 0 Å². The van der Waals surface area contributed by atoms with E-state index in [1.165, 1.54) is 31.2 Å². The van der Waals surface area contributed by atoms with Crippen LogP contribution in [0.5, 0.6) is 0 Å². The summed E-state index contributed by atoms with van der Waals surface area (Å²) in [4.78, 5) is 6.70. The highest BCUT2D eigenvalue weighted by molar-refractivity contribution is 5.78. The van der Waals surface area contributed by atoms with Crippen LogP contribution in [0.15, 0.2) is 17.4 Å². The van der Waals surface area contributed by atoms with E-state index < -0.39 is 0 Å². The molecule has 1 saturated heterocycles. The largest absolute Gasteiger partial charge is 0.370 e. The van der Waals surface area contributed by atoms with Crippen molar-refractivity contribution in [3.63, 3.8) is 0 Å². The predicted octanol–water partition coefficient (Wildman–Crippen LogP) is 1.15. The smallest absolute Gasteiger partial charge is 0.191 e. The van der Waals surface area contributed by atoms with Crippen LogP contribution in [0.25, 0.3) is 0 Å². The zero-order chi connectivity index (χ0) is 12.8. The molecule has 1 aliphatic heterocycles. The van der Waals surface area contributed by atoms with Gasteiger partial charge in [0.05, 0.1) is 6.20 Å². The van der Waals surface area contributed by atoms with E-state index in [9.17, 15) is 0 Å². The van der Waals surface area contributed by atoms with Gasteiger partial charge in [-0.25, -0.2) is 0 Å². The zero-order valence-electron chi connectivity index (χ0n) is 11.2. The summed E-state index contributed by atoms with van der Waals surface area (Å²) in [5, 5.41) is 4.14. The minimum atomic E-state index is 0.709. The van der Waals surface area contributed by atoms with E-state index in [0.29, 0.717) is 5.96 Å². The molecule has 1 aromatic rings. The number of aromatic nitrogens is 2. The van der Waals surface area contributed by atoms with E-state index in [2.05, 4.69) is 15.0 Å². The average molecular weight is 249 g/mol. The highest BCUT2D eigenvalue weighted by atomic mass is 15.3. The molecule has 0 atom stereocenters. The Labute approximate surface area is 109 Å². The van der Waals surface area contributed by atoms with Crippen LogP contribution in [0.1, 0.15) is 31.2 Å². The first kappa shape index (κ1) is 12.9. The van der Waals surface area contributed by atoms with Crippen molar-refractivity contribution in [3.8, 4) is 0 Å². The molecule has 2 heterocycles. The molecule has 0 bridgehead atoms. The van der Waals surface area contributed by atoms with Gasteiger partial charge in [0.2, 0.25) is 0 Å². The van der Waals surface area contributed by atoms with Gasteiger partial charge < -0.3 is 10.6 Å². The van der Waals surface area contributed by atoms with E-state index in [1.54, 1.807) is 0 Å². The van der Waals surface area contributed by atoms with Crippen LogP contribution in [0, 0.1) is 0 Å². The van der Waals surface area contributed by atoms with Crippen molar-refractivity contribution in [2.24, 2.45) is 17.8 Å². The van der Waals surface area contributed by atoms with Gasteiger partial charge in [-0.1, -0.05) is 12.8 Å². The first-order chi connectivity index (χ1) is 8.75. The monoisotopic (exact) mass is 249 g/mol. The summed E-state index contributed by atoms with van der Waals surface area (Å²) in [6.45, 7) is 2.86. The molecule has 0 spiro atoms. The first-order valence-corrected chi connectivity index (χ1v) is 6.78. The lowest BCUT2D eigenvalue weighted by atomic mass is 10.2. The average Bonchev–Trinajstić information content (AvgIpc) is 2.63. The van der Waals surface area contributed by atoms with Crippen molar-refractivity contribution in [1.29, 1.82) is 0 Å². The lowest BCUT2D eigenvalue weighted by Gasteiger charge is -2.20. The molecule has 0 amide bonds. The van der Waals surface area contributed by atoms with E-state index in [1.807, 2.05) is 24.1 Å². The number of nitrogens with two attached hydrogens (primary N) is 1. The summed E-state index contributed by atoms with van der Waals surface area (Å²) < 4.78 is 1.82. The molecule has 2 rings (SSSR count). The second kappa shape index (κ2) is 6.42. The first-order valence-electron chi connectivity index (χ1n) is 6.78. The maximum Gasteiger partial charge on any atom is 0.191 e. The van der Waals surface area contributed by atoms with Gasteiger partial charge in [-0.2, -0.15) is 5.10 Å². The molecule has 0 saturated carbocycles. The van der Waals surface area contributed by atoms with E-state index >= 15 is 0 Å². The van der Waals surface area contributed by atoms with Gasteiger partial charge in [-0.05, 0) is 24.8 Å². The number of likely N-dealkylation sites (tertiary alicyclic amines) is 1. The predicted molar refractivity (Wildman–Crippen MR) is 73.4 cm³/mol. The second-order valence-corrected chi connectivity index (χ2v) is 4.91. The molecule has 1 fully saturated rings. The van der Waals surface area contributed by atoms with Gasteiger partial charge in [0.25, 0.3) is 0 Å². The van der Waals surface area contributed by atoms with Crippen molar-refractivity contribution in [2.45, 2.75) is 32.1 Å². The zero-order valence-corrected chi connectivity index (χ0v) is 11.2. The highest BCUT2D eigenvalue weighted by Gasteiger charge is 2.10. The Bertz CT molecular complexity index is 388. The van der Waals surface area contributed by atoms with Crippen LogP contribution in [0.4, 0.5) is 0 Å². The lowest BCUT2D eigenvalue weighted by Crippen LogP contribution is -2.38. The maximum atomic E-state index is 6.04. The topological polar surface area (TPSA) is 59.4 Å². The Morgan fingerprint density at radius 2 is 2.06 bits per heavy atom. The summed E-state index contributed by atoms with van der Waals surface area (Å²) in [6, 6.07) is 0. The molecule has 0 unspecified atom stereocenters. The number of rotatable bonds is 3. The van der Waals surface area contributed by atoms with Crippen molar-refractivity contribution in [3.05, 3.63) is 18.0 Å². The molecule has 0 aromatic carbocycles. The standard InChI is InChI=1S/C13H23N5/c1-17-11-12(10-16-17)6-7-15-13(14)18-8-4-2-3-5-9-18/h10-11H,2-9H2,1H3,(H2,14,15). The molecular formula is C13H23N5. The van der Waals surface area contributed by atoms with Gasteiger partial charge in [0.1, 0.15) is 0 Å². The molecule has 100 valence electrons. The Morgan fingerprint density at radius 3 is 2.67 bits per heavy atom. The van der Waals surface area contributed by atoms with Gasteiger partial charge in [0, 0.05) is 32.9 Å². The van der Waals surface area contributed by atoms with Crippen LogP contribution < -0.4 is 5.73 Å². The number of nitrogens with zero attached hydrogens (tertiary/aromatic N) is 4. The van der Waals surface area contributed by atoms with Crippen LogP contribution in [0.3, 0.4) is 0 Å². The molecule has 0 radical (unpaired) electrons. The Hall–Kier alpha value is -1.52. The van der Waals surface area contributed by atoms with E-state index in [-0.39, 0.29) is 0 Å². The third-order valence-electron chi connectivity index (χ3n) is 3.36. The van der Waals surface area contributed by atoms with E-state index in [0.717, 1.165) is 26.1 Å². The van der Waals surface area contributed by atoms with Gasteiger partial charge in [0.15, 0.2) is 5.96 Å². The number of hydrogen-bond acceptors (Lipinski definition) is 2. The van der Waals surface area contributed by atoms with Crippen molar-refractivity contribution >= 4 is 5.96 Å². The van der Waals surface area contributed by atoms with E-state index in [4.69, 9.17) is 5.73 Å². The van der Waals surface area contributed by atoms with Crippen molar-refractivity contribution < 1.29 is 0 Å². The Morgan fingerprint density at radius 1 is 1.33 bits per heavy atom. The number of aliphatic imine (C=N–C) groups is 1. The summed E-state index contributed by atoms with van der Waals surface area (Å²) in [5.41, 5.74) is 7.26. The second-order valence-electron chi connectivity index (χ2n) is 4.91. The number of guanidine groups is 1. The normalized spacial score (nSPS) is 17.8. The summed E-state index contributed by atoms with van der Waals surface area (Å²) in [5.74, 6) is 0.709. The fourth-order valence-corrected chi connectivity index (χ4v) is 2.30. The fourth-order valence-electron chi connectivity index (χ4n) is 2.30. The van der Waals surface area contributed by atoms with Crippen LogP contribution >= 0.6 is 0 Å². The molecule has 2 N–H and O–H groups in total. The number of hydrogen-bond donors (Lipinski definition) is 1. The minimum Gasteiger partial charge on any atom is -0.370 e. The maximum absolute atomic E-state index is 6.04. The van der Waals surface area contributed by atoms with Crippen molar-refractivity contribution in [2.75, 3.05) is 19.6 Å². The molecule has 1 aliphatic rings. The molecule has 18 heavy (non-hydrogen) atoms. The minimum absolute atomic E-state index is 0.709. The van der Waals surface area contributed by atoms with Gasteiger partial charge in [-0.15, -0.1) is 0 Å².